The standard InChI is InChI=1S/C13H18N2O2/c16-13(14-8-9-4-3-5-9)12-10-6-1-2-7-11(10)17-15-12/h9H,1-8H2,(H,14,16). The molecule has 0 atom stereocenters. The van der Waals surface area contributed by atoms with Gasteiger partial charge in [-0.3, -0.25) is 4.79 Å². The number of carbonyl (C=O) groups excluding carboxylic acids is 1. The normalized spacial score (nSPS) is 19.5. The first kappa shape index (κ1) is 10.8. The van der Waals surface area contributed by atoms with Crippen molar-refractivity contribution >= 4 is 5.91 Å². The number of hydrogen-bond acceptors (Lipinski definition) is 3. The van der Waals surface area contributed by atoms with Crippen LogP contribution in [0.1, 0.15) is 53.9 Å². The summed E-state index contributed by atoms with van der Waals surface area (Å²) in [4.78, 5) is 12.0. The van der Waals surface area contributed by atoms with E-state index in [1.807, 2.05) is 0 Å². The highest BCUT2D eigenvalue weighted by Gasteiger charge is 2.25. The monoisotopic (exact) mass is 234 g/mol. The lowest BCUT2D eigenvalue weighted by molar-refractivity contribution is 0.0929. The fourth-order valence-electron chi connectivity index (χ4n) is 2.58. The Morgan fingerprint density at radius 1 is 1.29 bits per heavy atom. The SMILES string of the molecule is O=C(NCC1CCC1)c1noc2c1CCCC2. The number of nitrogens with zero attached hydrogens (tertiary/aromatic N) is 1. The summed E-state index contributed by atoms with van der Waals surface area (Å²) in [6.07, 6.45) is 7.94. The Bertz CT molecular complexity index is 421. The molecule has 0 radical (unpaired) electrons. The van der Waals surface area contributed by atoms with Crippen LogP contribution in [0, 0.1) is 5.92 Å². The lowest BCUT2D eigenvalue weighted by atomic mass is 9.85. The number of amides is 1. The molecule has 2 aliphatic carbocycles. The largest absolute Gasteiger partial charge is 0.360 e. The van der Waals surface area contributed by atoms with Crippen molar-refractivity contribution in [3.05, 3.63) is 17.0 Å². The van der Waals surface area contributed by atoms with Crippen molar-refractivity contribution in [3.63, 3.8) is 0 Å². The second-order valence-corrected chi connectivity index (χ2v) is 5.15. The molecule has 1 saturated carbocycles. The maximum absolute atomic E-state index is 12.0. The van der Waals surface area contributed by atoms with E-state index in [1.54, 1.807) is 0 Å². The van der Waals surface area contributed by atoms with Crippen molar-refractivity contribution in [1.82, 2.24) is 10.5 Å². The number of fused-ring (bicyclic) bond motifs is 1. The Morgan fingerprint density at radius 3 is 2.88 bits per heavy atom. The van der Waals surface area contributed by atoms with E-state index in [2.05, 4.69) is 10.5 Å². The molecule has 0 bridgehead atoms. The molecule has 2 aliphatic rings. The van der Waals surface area contributed by atoms with Gasteiger partial charge in [-0.15, -0.1) is 0 Å². The van der Waals surface area contributed by atoms with E-state index in [1.165, 1.54) is 19.3 Å². The summed E-state index contributed by atoms with van der Waals surface area (Å²) in [6.45, 7) is 0.792. The summed E-state index contributed by atoms with van der Waals surface area (Å²) in [5, 5.41) is 6.91. The first-order chi connectivity index (χ1) is 8.34. The Labute approximate surface area is 101 Å². The molecule has 0 saturated heterocycles. The van der Waals surface area contributed by atoms with Crippen molar-refractivity contribution in [1.29, 1.82) is 0 Å². The van der Waals surface area contributed by atoms with Crippen LogP contribution in [0.15, 0.2) is 4.52 Å². The Morgan fingerprint density at radius 2 is 2.12 bits per heavy atom. The molecule has 1 heterocycles. The molecule has 1 aromatic rings. The number of nitrogens with one attached hydrogen (secondary N) is 1. The maximum Gasteiger partial charge on any atom is 0.273 e. The lowest BCUT2D eigenvalue weighted by Crippen LogP contribution is -2.32. The van der Waals surface area contributed by atoms with Crippen LogP contribution >= 0.6 is 0 Å². The predicted octanol–water partition coefficient (Wildman–Crippen LogP) is 2.08. The molecule has 17 heavy (non-hydrogen) atoms. The Kier molecular flexibility index (Phi) is 2.87. The molecule has 1 amide bonds. The van der Waals surface area contributed by atoms with Crippen LogP contribution in [0.3, 0.4) is 0 Å². The summed E-state index contributed by atoms with van der Waals surface area (Å²) in [6, 6.07) is 0. The molecule has 0 unspecified atom stereocenters. The van der Waals surface area contributed by atoms with Gasteiger partial charge in [-0.1, -0.05) is 11.6 Å². The third-order valence-electron chi connectivity index (χ3n) is 3.94. The van der Waals surface area contributed by atoms with Gasteiger partial charge in [-0.25, -0.2) is 0 Å². The molecule has 0 spiro atoms. The average molecular weight is 234 g/mol. The summed E-state index contributed by atoms with van der Waals surface area (Å²) >= 11 is 0. The van der Waals surface area contributed by atoms with Crippen molar-refractivity contribution in [2.45, 2.75) is 44.9 Å². The minimum Gasteiger partial charge on any atom is -0.360 e. The van der Waals surface area contributed by atoms with Crippen LogP contribution in [0.5, 0.6) is 0 Å². The zero-order chi connectivity index (χ0) is 11.7. The molecule has 0 aromatic carbocycles. The first-order valence-electron chi connectivity index (χ1n) is 6.60. The van der Waals surface area contributed by atoms with E-state index < -0.39 is 0 Å². The van der Waals surface area contributed by atoms with Gasteiger partial charge in [0.05, 0.1) is 0 Å². The van der Waals surface area contributed by atoms with Gasteiger partial charge in [-0.2, -0.15) is 0 Å². The van der Waals surface area contributed by atoms with Gasteiger partial charge < -0.3 is 9.84 Å². The molecule has 1 N–H and O–H groups in total. The quantitative estimate of drug-likeness (QED) is 0.871. The molecule has 1 aromatic heterocycles. The van der Waals surface area contributed by atoms with Gasteiger partial charge in [0, 0.05) is 18.5 Å². The number of rotatable bonds is 3. The van der Waals surface area contributed by atoms with E-state index in [4.69, 9.17) is 4.52 Å². The second kappa shape index (κ2) is 4.51. The maximum atomic E-state index is 12.0. The van der Waals surface area contributed by atoms with Crippen molar-refractivity contribution < 1.29 is 9.32 Å². The van der Waals surface area contributed by atoms with Crippen molar-refractivity contribution in [3.8, 4) is 0 Å². The predicted molar refractivity (Wildman–Crippen MR) is 62.8 cm³/mol. The van der Waals surface area contributed by atoms with Gasteiger partial charge >= 0.3 is 0 Å². The third-order valence-corrected chi connectivity index (χ3v) is 3.94. The molecule has 3 rings (SSSR count). The Hall–Kier alpha value is -1.32. The molecule has 4 nitrogen and oxygen atoms in total. The topological polar surface area (TPSA) is 55.1 Å². The van der Waals surface area contributed by atoms with E-state index in [-0.39, 0.29) is 5.91 Å². The van der Waals surface area contributed by atoms with Gasteiger partial charge in [0.25, 0.3) is 5.91 Å². The second-order valence-electron chi connectivity index (χ2n) is 5.15. The summed E-state index contributed by atoms with van der Waals surface area (Å²) in [7, 11) is 0. The number of aromatic nitrogens is 1. The van der Waals surface area contributed by atoms with Gasteiger partial charge in [0.1, 0.15) is 5.76 Å². The first-order valence-corrected chi connectivity index (χ1v) is 6.60. The third kappa shape index (κ3) is 2.08. The minimum atomic E-state index is -0.0520. The Balaban J connectivity index is 1.65. The molecular weight excluding hydrogens is 216 g/mol. The molecule has 92 valence electrons. The van der Waals surface area contributed by atoms with Crippen LogP contribution in [0.25, 0.3) is 0 Å². The van der Waals surface area contributed by atoms with Crippen LogP contribution in [0.4, 0.5) is 0 Å². The summed E-state index contributed by atoms with van der Waals surface area (Å²) in [5.41, 5.74) is 1.57. The smallest absolute Gasteiger partial charge is 0.273 e. The van der Waals surface area contributed by atoms with Crippen LogP contribution < -0.4 is 5.32 Å². The van der Waals surface area contributed by atoms with Gasteiger partial charge in [0.2, 0.25) is 0 Å². The number of carbonyl (C=O) groups is 1. The summed E-state index contributed by atoms with van der Waals surface area (Å²) < 4.78 is 5.24. The van der Waals surface area contributed by atoms with E-state index >= 15 is 0 Å². The molecule has 4 heteroatoms. The minimum absolute atomic E-state index is 0.0520. The molecular formula is C13H18N2O2. The van der Waals surface area contributed by atoms with Crippen LogP contribution in [0.2, 0.25) is 0 Å². The molecule has 0 aliphatic heterocycles. The van der Waals surface area contributed by atoms with Crippen molar-refractivity contribution in [2.75, 3.05) is 6.54 Å². The number of hydrogen-bond donors (Lipinski definition) is 1. The van der Waals surface area contributed by atoms with Crippen molar-refractivity contribution in [2.24, 2.45) is 5.92 Å². The zero-order valence-electron chi connectivity index (χ0n) is 10.00. The number of aryl methyl sites for hydroxylation is 1. The van der Waals surface area contributed by atoms with Crippen LogP contribution in [-0.4, -0.2) is 17.6 Å². The highest BCUT2D eigenvalue weighted by Crippen LogP contribution is 2.26. The average Bonchev–Trinajstić information content (AvgIpc) is 2.70. The molecule has 1 fully saturated rings. The zero-order valence-corrected chi connectivity index (χ0v) is 10.00. The summed E-state index contributed by atoms with van der Waals surface area (Å²) in [5.74, 6) is 1.55. The van der Waals surface area contributed by atoms with E-state index in [9.17, 15) is 4.79 Å². The highest BCUT2D eigenvalue weighted by atomic mass is 16.5. The van der Waals surface area contributed by atoms with Gasteiger partial charge in [-0.05, 0) is 38.0 Å². The highest BCUT2D eigenvalue weighted by molar-refractivity contribution is 5.93. The fourth-order valence-corrected chi connectivity index (χ4v) is 2.58. The fraction of sp³-hybridized carbons (Fsp3) is 0.692. The van der Waals surface area contributed by atoms with Crippen LogP contribution in [-0.2, 0) is 12.8 Å². The van der Waals surface area contributed by atoms with E-state index in [0.29, 0.717) is 11.6 Å². The van der Waals surface area contributed by atoms with Gasteiger partial charge in [0.15, 0.2) is 5.69 Å². The lowest BCUT2D eigenvalue weighted by Gasteiger charge is -2.25. The van der Waals surface area contributed by atoms with E-state index in [0.717, 1.165) is 43.6 Å².